The standard InChI is InChI=1S/C13H19F2NO3S/c1-13(2,3)10-7-6-9(19-12(14)15)8-11(10)16(4)20(5,17)18/h6-8,12H,1-5H3. The maximum Gasteiger partial charge on any atom is 0.387 e. The Bertz CT molecular complexity index is 580. The van der Waals surface area contributed by atoms with Gasteiger partial charge in [0, 0.05) is 13.1 Å². The summed E-state index contributed by atoms with van der Waals surface area (Å²) in [6.07, 6.45) is 1.06. The molecule has 0 aliphatic rings. The van der Waals surface area contributed by atoms with Gasteiger partial charge in [-0.1, -0.05) is 26.8 Å². The summed E-state index contributed by atoms with van der Waals surface area (Å²) in [6, 6.07) is 4.33. The second-order valence-corrected chi connectivity index (χ2v) is 7.55. The monoisotopic (exact) mass is 307 g/mol. The summed E-state index contributed by atoms with van der Waals surface area (Å²) >= 11 is 0. The summed E-state index contributed by atoms with van der Waals surface area (Å²) in [7, 11) is -2.11. The van der Waals surface area contributed by atoms with E-state index in [9.17, 15) is 17.2 Å². The number of hydrogen-bond donors (Lipinski definition) is 0. The number of rotatable bonds is 4. The van der Waals surface area contributed by atoms with E-state index in [1.807, 2.05) is 20.8 Å². The van der Waals surface area contributed by atoms with Gasteiger partial charge in [0.2, 0.25) is 10.0 Å². The van der Waals surface area contributed by atoms with Crippen LogP contribution in [0.1, 0.15) is 26.3 Å². The van der Waals surface area contributed by atoms with E-state index < -0.39 is 16.6 Å². The van der Waals surface area contributed by atoms with Gasteiger partial charge < -0.3 is 4.74 Å². The molecule has 0 amide bonds. The van der Waals surface area contributed by atoms with E-state index in [0.29, 0.717) is 5.69 Å². The topological polar surface area (TPSA) is 46.6 Å². The van der Waals surface area contributed by atoms with Gasteiger partial charge >= 0.3 is 6.61 Å². The molecule has 0 bridgehead atoms. The molecular formula is C13H19F2NO3S. The van der Waals surface area contributed by atoms with E-state index in [2.05, 4.69) is 4.74 Å². The van der Waals surface area contributed by atoms with Gasteiger partial charge in [0.15, 0.2) is 0 Å². The largest absolute Gasteiger partial charge is 0.435 e. The Balaban J connectivity index is 3.42. The molecule has 0 radical (unpaired) electrons. The number of alkyl halides is 2. The first-order chi connectivity index (χ1) is 8.93. The molecule has 114 valence electrons. The summed E-state index contributed by atoms with van der Waals surface area (Å²) in [5, 5.41) is 0. The summed E-state index contributed by atoms with van der Waals surface area (Å²) in [5.41, 5.74) is 0.725. The third-order valence-corrected chi connectivity index (χ3v) is 4.03. The minimum absolute atomic E-state index is 0.0708. The number of benzene rings is 1. The number of nitrogens with zero attached hydrogens (tertiary/aromatic N) is 1. The molecule has 20 heavy (non-hydrogen) atoms. The molecule has 1 aromatic rings. The Kier molecular flexibility index (Phi) is 4.63. The Morgan fingerprint density at radius 1 is 1.25 bits per heavy atom. The zero-order chi connectivity index (χ0) is 15.7. The van der Waals surface area contributed by atoms with Crippen LogP contribution < -0.4 is 9.04 Å². The van der Waals surface area contributed by atoms with Crippen LogP contribution in [0.4, 0.5) is 14.5 Å². The summed E-state index contributed by atoms with van der Waals surface area (Å²) in [5.74, 6) is -0.0708. The quantitative estimate of drug-likeness (QED) is 0.859. The first-order valence-electron chi connectivity index (χ1n) is 5.96. The number of sulfonamides is 1. The second kappa shape index (κ2) is 5.55. The van der Waals surface area contributed by atoms with Gasteiger partial charge in [0.05, 0.1) is 11.9 Å². The molecule has 0 fully saturated rings. The van der Waals surface area contributed by atoms with Crippen molar-refractivity contribution >= 4 is 15.7 Å². The molecule has 0 heterocycles. The third kappa shape index (κ3) is 4.06. The smallest absolute Gasteiger partial charge is 0.387 e. The number of ether oxygens (including phenoxy) is 1. The van der Waals surface area contributed by atoms with Crippen LogP contribution in [0.3, 0.4) is 0 Å². The molecule has 1 aromatic carbocycles. The molecule has 0 unspecified atom stereocenters. The van der Waals surface area contributed by atoms with E-state index in [1.54, 1.807) is 6.07 Å². The van der Waals surface area contributed by atoms with E-state index in [1.165, 1.54) is 19.2 Å². The molecule has 0 saturated carbocycles. The Labute approximate surface area is 118 Å². The van der Waals surface area contributed by atoms with Crippen molar-refractivity contribution in [3.8, 4) is 5.75 Å². The summed E-state index contributed by atoms with van der Waals surface area (Å²) < 4.78 is 53.3. The normalized spacial score (nSPS) is 12.6. The Morgan fingerprint density at radius 2 is 1.80 bits per heavy atom. The van der Waals surface area contributed by atoms with Crippen molar-refractivity contribution in [2.45, 2.75) is 32.8 Å². The second-order valence-electron chi connectivity index (χ2n) is 5.54. The zero-order valence-electron chi connectivity index (χ0n) is 12.1. The lowest BCUT2D eigenvalue weighted by atomic mass is 9.85. The van der Waals surface area contributed by atoms with Crippen LogP contribution in [0.2, 0.25) is 0 Å². The Morgan fingerprint density at radius 3 is 2.20 bits per heavy atom. The van der Waals surface area contributed by atoms with Crippen molar-refractivity contribution in [3.05, 3.63) is 23.8 Å². The maximum atomic E-state index is 12.3. The highest BCUT2D eigenvalue weighted by Gasteiger charge is 2.24. The van der Waals surface area contributed by atoms with Crippen LogP contribution in [0, 0.1) is 0 Å². The lowest BCUT2D eigenvalue weighted by molar-refractivity contribution is -0.0498. The van der Waals surface area contributed by atoms with Crippen LogP contribution in [0.5, 0.6) is 5.75 Å². The maximum absolute atomic E-state index is 12.3. The fourth-order valence-corrected chi connectivity index (χ4v) is 2.27. The third-order valence-electron chi connectivity index (χ3n) is 2.84. The van der Waals surface area contributed by atoms with Gasteiger partial charge in [-0.05, 0) is 17.0 Å². The number of anilines is 1. The van der Waals surface area contributed by atoms with Gasteiger partial charge in [0.25, 0.3) is 0 Å². The average Bonchev–Trinajstić information content (AvgIpc) is 2.24. The molecule has 0 spiro atoms. The van der Waals surface area contributed by atoms with Crippen LogP contribution in [0.25, 0.3) is 0 Å². The van der Waals surface area contributed by atoms with Crippen molar-refractivity contribution in [2.75, 3.05) is 17.6 Å². The van der Waals surface area contributed by atoms with E-state index in [4.69, 9.17) is 0 Å². The predicted octanol–water partition coefficient (Wildman–Crippen LogP) is 2.98. The van der Waals surface area contributed by atoms with Crippen LogP contribution in [0.15, 0.2) is 18.2 Å². The molecule has 4 nitrogen and oxygen atoms in total. The van der Waals surface area contributed by atoms with E-state index >= 15 is 0 Å². The van der Waals surface area contributed by atoms with Crippen molar-refractivity contribution in [2.24, 2.45) is 0 Å². The highest BCUT2D eigenvalue weighted by Crippen LogP contribution is 2.35. The molecule has 0 aliphatic heterocycles. The SMILES string of the molecule is CN(c1cc(OC(F)F)ccc1C(C)(C)C)S(C)(=O)=O. The number of halogens is 2. The van der Waals surface area contributed by atoms with Crippen molar-refractivity contribution in [1.29, 1.82) is 0 Å². The first kappa shape index (κ1) is 16.7. The van der Waals surface area contributed by atoms with E-state index in [-0.39, 0.29) is 11.2 Å². The van der Waals surface area contributed by atoms with Gasteiger partial charge in [-0.2, -0.15) is 8.78 Å². The molecule has 0 aliphatic carbocycles. The molecule has 0 aromatic heterocycles. The Hall–Kier alpha value is -1.37. The summed E-state index contributed by atoms with van der Waals surface area (Å²) in [4.78, 5) is 0. The number of hydrogen-bond acceptors (Lipinski definition) is 3. The molecule has 0 atom stereocenters. The van der Waals surface area contributed by atoms with Crippen LogP contribution in [-0.4, -0.2) is 28.3 Å². The fraction of sp³-hybridized carbons (Fsp3) is 0.538. The highest BCUT2D eigenvalue weighted by atomic mass is 32.2. The molecular weight excluding hydrogens is 288 g/mol. The van der Waals surface area contributed by atoms with Gasteiger partial charge in [-0.15, -0.1) is 0 Å². The lowest BCUT2D eigenvalue weighted by Gasteiger charge is -2.28. The highest BCUT2D eigenvalue weighted by molar-refractivity contribution is 7.92. The molecule has 0 N–H and O–H groups in total. The minimum Gasteiger partial charge on any atom is -0.435 e. The molecule has 7 heteroatoms. The van der Waals surface area contributed by atoms with Gasteiger partial charge in [-0.25, -0.2) is 8.42 Å². The predicted molar refractivity (Wildman–Crippen MR) is 75.0 cm³/mol. The summed E-state index contributed by atoms with van der Waals surface area (Å²) in [6.45, 7) is 2.78. The zero-order valence-corrected chi connectivity index (χ0v) is 13.0. The first-order valence-corrected chi connectivity index (χ1v) is 7.81. The van der Waals surface area contributed by atoms with Crippen LogP contribution >= 0.6 is 0 Å². The van der Waals surface area contributed by atoms with Crippen molar-refractivity contribution in [3.63, 3.8) is 0 Å². The minimum atomic E-state index is -3.49. The van der Waals surface area contributed by atoms with Crippen LogP contribution in [-0.2, 0) is 15.4 Å². The fourth-order valence-electron chi connectivity index (χ4n) is 1.76. The van der Waals surface area contributed by atoms with Crippen molar-refractivity contribution in [1.82, 2.24) is 0 Å². The van der Waals surface area contributed by atoms with E-state index in [0.717, 1.165) is 16.1 Å². The molecule has 0 saturated heterocycles. The molecule has 1 rings (SSSR count). The van der Waals surface area contributed by atoms with Crippen molar-refractivity contribution < 1.29 is 21.9 Å². The average molecular weight is 307 g/mol. The van der Waals surface area contributed by atoms with Gasteiger partial charge in [-0.3, -0.25) is 4.31 Å². The lowest BCUT2D eigenvalue weighted by Crippen LogP contribution is -2.28. The van der Waals surface area contributed by atoms with Gasteiger partial charge in [0.1, 0.15) is 5.75 Å².